The molecule has 0 spiro atoms. The van der Waals surface area contributed by atoms with E-state index in [4.69, 9.17) is 0 Å². The summed E-state index contributed by atoms with van der Waals surface area (Å²) in [5.74, 6) is 1.22. The average Bonchev–Trinajstić information content (AvgIpc) is 2.56. The number of hydrogen-bond acceptors (Lipinski definition) is 3. The summed E-state index contributed by atoms with van der Waals surface area (Å²) in [7, 11) is 3.55. The number of amides is 1. The van der Waals surface area contributed by atoms with Gasteiger partial charge in [0, 0.05) is 40.0 Å². The van der Waals surface area contributed by atoms with Crippen molar-refractivity contribution in [1.82, 2.24) is 10.2 Å². The number of carbonyl (C=O) groups is 1. The maximum atomic E-state index is 11.2. The van der Waals surface area contributed by atoms with Crippen molar-refractivity contribution in [2.45, 2.75) is 19.3 Å². The molecule has 0 fully saturated rings. The van der Waals surface area contributed by atoms with Crippen molar-refractivity contribution in [3.05, 3.63) is 0 Å². The molecule has 1 aliphatic rings. The van der Waals surface area contributed by atoms with Crippen LogP contribution >= 0.6 is 0 Å². The topological polar surface area (TPSA) is 44.7 Å². The zero-order valence-electron chi connectivity index (χ0n) is 8.34. The smallest absolute Gasteiger partial charge is 0.223 e. The molecule has 0 unspecified atom stereocenters. The number of aliphatic imine (C=N–C) groups is 1. The highest BCUT2D eigenvalue weighted by Crippen LogP contribution is 2.00. The Bertz CT molecular complexity index is 211. The van der Waals surface area contributed by atoms with Crippen LogP contribution in [0, 0.1) is 0 Å². The highest BCUT2D eigenvalue weighted by molar-refractivity contribution is 5.84. The number of carbonyl (C=O) groups excluding carboxylic acids is 1. The molecule has 1 heterocycles. The molecule has 4 heteroatoms. The van der Waals surface area contributed by atoms with Crippen LogP contribution in [0.2, 0.25) is 0 Å². The van der Waals surface area contributed by atoms with E-state index in [0.717, 1.165) is 25.2 Å². The van der Waals surface area contributed by atoms with E-state index in [1.807, 2.05) is 0 Å². The molecule has 0 radical (unpaired) electrons. The molecule has 13 heavy (non-hydrogen) atoms. The van der Waals surface area contributed by atoms with E-state index in [1.54, 1.807) is 19.0 Å². The lowest BCUT2D eigenvalue weighted by atomic mass is 10.3. The van der Waals surface area contributed by atoms with E-state index in [0.29, 0.717) is 13.0 Å². The van der Waals surface area contributed by atoms with Crippen LogP contribution in [0.5, 0.6) is 0 Å². The summed E-state index contributed by atoms with van der Waals surface area (Å²) in [4.78, 5) is 17.0. The van der Waals surface area contributed by atoms with Crippen molar-refractivity contribution in [3.63, 3.8) is 0 Å². The monoisotopic (exact) mass is 183 g/mol. The molecule has 0 aromatic carbocycles. The standard InChI is InChI=1S/C9H17N3O/c1-12(2)9(13)5-7-11-8-4-3-6-10-8/h3-7H2,1-2H3,(H,10,11). The fourth-order valence-corrected chi connectivity index (χ4v) is 1.22. The molecule has 0 bridgehead atoms. The first kappa shape index (κ1) is 10.0. The van der Waals surface area contributed by atoms with Gasteiger partial charge in [0.25, 0.3) is 0 Å². The summed E-state index contributed by atoms with van der Waals surface area (Å²) < 4.78 is 0. The molecule has 1 amide bonds. The minimum absolute atomic E-state index is 0.158. The van der Waals surface area contributed by atoms with Gasteiger partial charge in [0.15, 0.2) is 0 Å². The lowest BCUT2D eigenvalue weighted by Crippen LogP contribution is -2.29. The summed E-state index contributed by atoms with van der Waals surface area (Å²) in [6, 6.07) is 0. The fourth-order valence-electron chi connectivity index (χ4n) is 1.22. The molecular weight excluding hydrogens is 166 g/mol. The van der Waals surface area contributed by atoms with Crippen LogP contribution in [0.25, 0.3) is 0 Å². The molecule has 0 aliphatic carbocycles. The predicted molar refractivity (Wildman–Crippen MR) is 52.8 cm³/mol. The summed E-state index contributed by atoms with van der Waals surface area (Å²) in [5, 5.41) is 3.17. The van der Waals surface area contributed by atoms with Gasteiger partial charge in [-0.3, -0.25) is 9.79 Å². The second kappa shape index (κ2) is 4.84. The van der Waals surface area contributed by atoms with Crippen LogP contribution in [0.1, 0.15) is 19.3 Å². The Labute approximate surface area is 79.0 Å². The SMILES string of the molecule is CN(C)C(=O)CCNC1=NCCC1. The van der Waals surface area contributed by atoms with Gasteiger partial charge in [0.1, 0.15) is 0 Å². The first-order valence-corrected chi connectivity index (χ1v) is 4.67. The van der Waals surface area contributed by atoms with Crippen molar-refractivity contribution in [2.75, 3.05) is 27.2 Å². The zero-order valence-corrected chi connectivity index (χ0v) is 8.34. The lowest BCUT2D eigenvalue weighted by molar-refractivity contribution is -0.128. The van der Waals surface area contributed by atoms with Gasteiger partial charge in [0.2, 0.25) is 5.91 Å². The maximum absolute atomic E-state index is 11.2. The van der Waals surface area contributed by atoms with E-state index in [1.165, 1.54) is 0 Å². The Morgan fingerprint density at radius 2 is 2.38 bits per heavy atom. The third-order valence-electron chi connectivity index (χ3n) is 2.04. The summed E-state index contributed by atoms with van der Waals surface area (Å²) in [5.41, 5.74) is 0. The predicted octanol–water partition coefficient (Wildman–Crippen LogP) is 0.247. The average molecular weight is 183 g/mol. The lowest BCUT2D eigenvalue weighted by Gasteiger charge is -2.10. The molecule has 1 N–H and O–H groups in total. The van der Waals surface area contributed by atoms with Crippen LogP contribution < -0.4 is 5.32 Å². The number of nitrogens with one attached hydrogen (secondary N) is 1. The number of rotatable bonds is 3. The number of hydrogen-bond donors (Lipinski definition) is 1. The van der Waals surface area contributed by atoms with Crippen molar-refractivity contribution in [3.8, 4) is 0 Å². The summed E-state index contributed by atoms with van der Waals surface area (Å²) >= 11 is 0. The van der Waals surface area contributed by atoms with Gasteiger partial charge in [-0.25, -0.2) is 0 Å². The Morgan fingerprint density at radius 3 is 2.92 bits per heavy atom. The van der Waals surface area contributed by atoms with Gasteiger partial charge in [-0.2, -0.15) is 0 Å². The molecular formula is C9H17N3O. The summed E-state index contributed by atoms with van der Waals surface area (Å²) in [6.07, 6.45) is 2.73. The Balaban J connectivity index is 2.10. The van der Waals surface area contributed by atoms with Crippen LogP contribution in [-0.2, 0) is 4.79 Å². The van der Waals surface area contributed by atoms with Gasteiger partial charge in [-0.15, -0.1) is 0 Å². The minimum Gasteiger partial charge on any atom is -0.373 e. The Hall–Kier alpha value is -1.06. The number of nitrogens with zero attached hydrogens (tertiary/aromatic N) is 2. The van der Waals surface area contributed by atoms with E-state index < -0.39 is 0 Å². The van der Waals surface area contributed by atoms with Gasteiger partial charge in [0.05, 0.1) is 5.84 Å². The molecule has 0 atom stereocenters. The zero-order chi connectivity index (χ0) is 9.68. The van der Waals surface area contributed by atoms with Gasteiger partial charge in [-0.05, 0) is 6.42 Å². The molecule has 0 aromatic heterocycles. The normalized spacial score (nSPS) is 15.4. The molecule has 4 nitrogen and oxygen atoms in total. The van der Waals surface area contributed by atoms with Gasteiger partial charge >= 0.3 is 0 Å². The molecule has 0 saturated heterocycles. The Kier molecular flexibility index (Phi) is 3.73. The van der Waals surface area contributed by atoms with E-state index in [-0.39, 0.29) is 5.91 Å². The van der Waals surface area contributed by atoms with Crippen LogP contribution in [0.15, 0.2) is 4.99 Å². The highest BCUT2D eigenvalue weighted by atomic mass is 16.2. The fraction of sp³-hybridized carbons (Fsp3) is 0.778. The van der Waals surface area contributed by atoms with Crippen molar-refractivity contribution >= 4 is 11.7 Å². The highest BCUT2D eigenvalue weighted by Gasteiger charge is 2.07. The first-order valence-electron chi connectivity index (χ1n) is 4.67. The maximum Gasteiger partial charge on any atom is 0.223 e. The molecule has 1 aliphatic heterocycles. The first-order chi connectivity index (χ1) is 6.20. The van der Waals surface area contributed by atoms with Crippen molar-refractivity contribution in [2.24, 2.45) is 4.99 Å². The van der Waals surface area contributed by atoms with Gasteiger partial charge < -0.3 is 10.2 Å². The minimum atomic E-state index is 0.158. The Morgan fingerprint density at radius 1 is 1.62 bits per heavy atom. The largest absolute Gasteiger partial charge is 0.373 e. The molecule has 0 aromatic rings. The third-order valence-corrected chi connectivity index (χ3v) is 2.04. The number of amidine groups is 1. The van der Waals surface area contributed by atoms with E-state index >= 15 is 0 Å². The molecule has 74 valence electrons. The second-order valence-electron chi connectivity index (χ2n) is 3.40. The third kappa shape index (κ3) is 3.44. The molecule has 0 saturated carbocycles. The van der Waals surface area contributed by atoms with Crippen LogP contribution in [0.3, 0.4) is 0 Å². The van der Waals surface area contributed by atoms with E-state index in [2.05, 4.69) is 10.3 Å². The van der Waals surface area contributed by atoms with Crippen molar-refractivity contribution in [1.29, 1.82) is 0 Å². The van der Waals surface area contributed by atoms with Crippen LogP contribution in [-0.4, -0.2) is 43.8 Å². The second-order valence-corrected chi connectivity index (χ2v) is 3.40. The quantitative estimate of drug-likeness (QED) is 0.681. The van der Waals surface area contributed by atoms with Gasteiger partial charge in [-0.1, -0.05) is 0 Å². The van der Waals surface area contributed by atoms with E-state index in [9.17, 15) is 4.79 Å². The molecule has 1 rings (SSSR count). The summed E-state index contributed by atoms with van der Waals surface area (Å²) in [6.45, 7) is 1.64. The van der Waals surface area contributed by atoms with Crippen LogP contribution in [0.4, 0.5) is 0 Å². The van der Waals surface area contributed by atoms with Crippen molar-refractivity contribution < 1.29 is 4.79 Å².